The van der Waals surface area contributed by atoms with Crippen LogP contribution in [0.3, 0.4) is 0 Å². The molecule has 0 aliphatic rings. The highest BCUT2D eigenvalue weighted by molar-refractivity contribution is 5.89. The number of methoxy groups -OCH3 is 1. The molecular weight excluding hydrogens is 465 g/mol. The molecule has 4 N–H and O–H groups in total. The molecule has 0 radical (unpaired) electrons. The highest BCUT2D eigenvalue weighted by Crippen LogP contribution is 2.29. The van der Waals surface area contributed by atoms with Crippen LogP contribution < -0.4 is 26.0 Å². The van der Waals surface area contributed by atoms with E-state index in [1.54, 1.807) is 42.1 Å². The van der Waals surface area contributed by atoms with Crippen LogP contribution in [0.25, 0.3) is 22.0 Å². The van der Waals surface area contributed by atoms with Crippen molar-refractivity contribution in [1.82, 2.24) is 9.88 Å². The Hall–Kier alpha value is -3.14. The number of amides is 1. The second kappa shape index (κ2) is 12.4. The minimum Gasteiger partial charge on any atom is -0.497 e. The van der Waals surface area contributed by atoms with Gasteiger partial charge in [0.2, 0.25) is 5.91 Å². The van der Waals surface area contributed by atoms with Crippen molar-refractivity contribution < 1.29 is 23.8 Å². The van der Waals surface area contributed by atoms with Crippen molar-refractivity contribution in [2.24, 2.45) is 5.73 Å². The Balaban J connectivity index is 0.00000408. The van der Waals surface area contributed by atoms with Crippen LogP contribution in [0.5, 0.6) is 11.5 Å². The predicted octanol–water partition coefficient (Wildman–Crippen LogP) is 2.46. The third-order valence-electron chi connectivity index (χ3n) is 5.18. The van der Waals surface area contributed by atoms with Gasteiger partial charge in [0.15, 0.2) is 5.43 Å². The van der Waals surface area contributed by atoms with Gasteiger partial charge in [-0.3, -0.25) is 9.59 Å². The minimum atomic E-state index is -1.04. The predicted molar refractivity (Wildman–Crippen MR) is 131 cm³/mol. The van der Waals surface area contributed by atoms with Gasteiger partial charge in [-0.05, 0) is 36.2 Å². The number of ether oxygens (including phenoxy) is 2. The fraction of sp³-hybridized carbons (Fsp3) is 0.333. The quantitative estimate of drug-likeness (QED) is 0.399. The normalized spacial score (nSPS) is 11.6. The molecule has 3 aromatic rings. The molecule has 0 bridgehead atoms. The fourth-order valence-electron chi connectivity index (χ4n) is 3.46. The first kappa shape index (κ1) is 27.1. The lowest BCUT2D eigenvalue weighted by Gasteiger charge is -2.18. The summed E-state index contributed by atoms with van der Waals surface area (Å²) in [4.78, 5) is 25.3. The summed E-state index contributed by atoms with van der Waals surface area (Å²) in [7, 11) is 1.54. The van der Waals surface area contributed by atoms with Crippen LogP contribution in [0, 0.1) is 5.82 Å². The summed E-state index contributed by atoms with van der Waals surface area (Å²) >= 11 is 0. The van der Waals surface area contributed by atoms with E-state index in [-0.39, 0.29) is 30.9 Å². The SMILES string of the molecule is CCCOc1ccc(F)c2c(=O)c(-c3ccc(OC)cc3)cn(CCNC(=O)[C@@H](N)CO)c12.Cl. The van der Waals surface area contributed by atoms with Crippen LogP contribution in [0.1, 0.15) is 13.3 Å². The van der Waals surface area contributed by atoms with Crippen molar-refractivity contribution in [2.75, 3.05) is 26.9 Å². The number of aromatic nitrogens is 1. The number of rotatable bonds is 10. The largest absolute Gasteiger partial charge is 0.497 e. The molecule has 1 aromatic heterocycles. The Bertz CT molecular complexity index is 1180. The Morgan fingerprint density at radius 2 is 1.94 bits per heavy atom. The minimum absolute atomic E-state index is 0. The smallest absolute Gasteiger partial charge is 0.239 e. The first-order valence-electron chi connectivity index (χ1n) is 10.7. The molecule has 0 saturated heterocycles. The van der Waals surface area contributed by atoms with Crippen LogP contribution in [0.2, 0.25) is 0 Å². The highest BCUT2D eigenvalue weighted by Gasteiger charge is 2.19. The molecule has 0 aliphatic heterocycles. The summed E-state index contributed by atoms with van der Waals surface area (Å²) < 4.78 is 27.6. The number of hydrogen-bond acceptors (Lipinski definition) is 6. The molecule has 0 unspecified atom stereocenters. The van der Waals surface area contributed by atoms with Gasteiger partial charge in [0.25, 0.3) is 0 Å². The van der Waals surface area contributed by atoms with E-state index < -0.39 is 29.8 Å². The molecule has 1 heterocycles. The molecule has 3 rings (SSSR count). The van der Waals surface area contributed by atoms with Gasteiger partial charge in [-0.25, -0.2) is 4.39 Å². The molecule has 0 aliphatic carbocycles. The zero-order valence-corrected chi connectivity index (χ0v) is 19.9. The summed E-state index contributed by atoms with van der Waals surface area (Å²) in [6.45, 7) is 2.23. The van der Waals surface area contributed by atoms with Crippen LogP contribution in [-0.2, 0) is 11.3 Å². The number of aliphatic hydroxyl groups is 1. The Morgan fingerprint density at radius 3 is 2.56 bits per heavy atom. The number of fused-ring (bicyclic) bond motifs is 1. The molecule has 0 spiro atoms. The van der Waals surface area contributed by atoms with Crippen molar-refractivity contribution >= 4 is 29.2 Å². The van der Waals surface area contributed by atoms with E-state index in [2.05, 4.69) is 5.32 Å². The lowest BCUT2D eigenvalue weighted by Crippen LogP contribution is -2.43. The number of nitrogens with one attached hydrogen (secondary N) is 1. The molecular formula is C24H29ClFN3O5. The van der Waals surface area contributed by atoms with E-state index in [4.69, 9.17) is 20.3 Å². The van der Waals surface area contributed by atoms with Gasteiger partial charge < -0.3 is 30.2 Å². The average Bonchev–Trinajstić information content (AvgIpc) is 2.84. The summed E-state index contributed by atoms with van der Waals surface area (Å²) in [6.07, 6.45) is 2.37. The summed E-state index contributed by atoms with van der Waals surface area (Å²) in [5.41, 5.74) is 6.29. The van der Waals surface area contributed by atoms with Crippen molar-refractivity contribution in [1.29, 1.82) is 0 Å². The zero-order valence-electron chi connectivity index (χ0n) is 19.0. The van der Waals surface area contributed by atoms with Crippen molar-refractivity contribution in [2.45, 2.75) is 25.9 Å². The number of nitrogens with zero attached hydrogens (tertiary/aromatic N) is 1. The molecule has 1 atom stereocenters. The van der Waals surface area contributed by atoms with Gasteiger partial charge in [-0.1, -0.05) is 19.1 Å². The van der Waals surface area contributed by atoms with Crippen molar-refractivity contribution in [3.8, 4) is 22.6 Å². The number of carbonyl (C=O) groups excluding carboxylic acids is 1. The number of pyridine rings is 1. The maximum Gasteiger partial charge on any atom is 0.239 e. The van der Waals surface area contributed by atoms with E-state index >= 15 is 0 Å². The first-order valence-corrected chi connectivity index (χ1v) is 10.7. The molecule has 1 amide bonds. The molecule has 0 fully saturated rings. The highest BCUT2D eigenvalue weighted by atomic mass is 35.5. The van der Waals surface area contributed by atoms with E-state index in [1.807, 2.05) is 6.92 Å². The Labute approximate surface area is 202 Å². The molecule has 2 aromatic carbocycles. The van der Waals surface area contributed by atoms with Crippen molar-refractivity contribution in [3.63, 3.8) is 0 Å². The fourth-order valence-corrected chi connectivity index (χ4v) is 3.46. The number of carbonyl (C=O) groups is 1. The van der Waals surface area contributed by atoms with Gasteiger partial charge >= 0.3 is 0 Å². The standard InChI is InChI=1S/C24H28FN3O5.ClH/c1-3-12-33-20-9-8-18(25)21-22(20)28(11-10-27-24(31)19(26)14-29)13-17(23(21)30)15-4-6-16(32-2)7-5-15;/h4-9,13,19,29H,3,10-12,14,26H2,1-2H3,(H,27,31);1H/t19-;/m0./s1. The Morgan fingerprint density at radius 1 is 1.24 bits per heavy atom. The van der Waals surface area contributed by atoms with Crippen LogP contribution in [0.4, 0.5) is 4.39 Å². The third kappa shape index (κ3) is 5.85. The summed E-state index contributed by atoms with van der Waals surface area (Å²) in [5.74, 6) is -0.157. The molecule has 184 valence electrons. The molecule has 34 heavy (non-hydrogen) atoms. The van der Waals surface area contributed by atoms with Crippen LogP contribution >= 0.6 is 12.4 Å². The maximum absolute atomic E-state index is 14.9. The monoisotopic (exact) mass is 493 g/mol. The van der Waals surface area contributed by atoms with Crippen LogP contribution in [0.15, 0.2) is 47.4 Å². The number of nitrogens with two attached hydrogens (primary N) is 1. The van der Waals surface area contributed by atoms with Crippen LogP contribution in [-0.4, -0.2) is 48.5 Å². The first-order chi connectivity index (χ1) is 15.9. The zero-order chi connectivity index (χ0) is 24.0. The van der Waals surface area contributed by atoms with Gasteiger partial charge in [0.05, 0.1) is 31.2 Å². The number of hydrogen-bond donors (Lipinski definition) is 3. The lowest BCUT2D eigenvalue weighted by atomic mass is 10.0. The summed E-state index contributed by atoms with van der Waals surface area (Å²) in [5, 5.41) is 11.6. The molecule has 10 heteroatoms. The molecule has 8 nitrogen and oxygen atoms in total. The van der Waals surface area contributed by atoms with E-state index in [0.717, 1.165) is 6.42 Å². The number of benzene rings is 2. The van der Waals surface area contributed by atoms with Gasteiger partial charge in [0.1, 0.15) is 23.4 Å². The second-order valence-corrected chi connectivity index (χ2v) is 7.49. The van der Waals surface area contributed by atoms with E-state index in [0.29, 0.717) is 34.7 Å². The lowest BCUT2D eigenvalue weighted by molar-refractivity contribution is -0.123. The van der Waals surface area contributed by atoms with E-state index in [1.165, 1.54) is 12.1 Å². The Kier molecular flexibility index (Phi) is 9.85. The van der Waals surface area contributed by atoms with E-state index in [9.17, 15) is 14.0 Å². The maximum atomic E-state index is 14.9. The average molecular weight is 494 g/mol. The number of aliphatic hydroxyl groups excluding tert-OH is 1. The second-order valence-electron chi connectivity index (χ2n) is 7.49. The van der Waals surface area contributed by atoms with Gasteiger partial charge in [-0.2, -0.15) is 0 Å². The van der Waals surface area contributed by atoms with Crippen molar-refractivity contribution in [3.05, 3.63) is 58.6 Å². The molecule has 0 saturated carbocycles. The topological polar surface area (TPSA) is 116 Å². The summed E-state index contributed by atoms with van der Waals surface area (Å²) in [6, 6.07) is 8.57. The van der Waals surface area contributed by atoms with Gasteiger partial charge in [-0.15, -0.1) is 12.4 Å². The number of halogens is 2. The van der Waals surface area contributed by atoms with Gasteiger partial charge in [0, 0.05) is 24.8 Å². The third-order valence-corrected chi connectivity index (χ3v) is 5.18.